The van der Waals surface area contributed by atoms with E-state index in [2.05, 4.69) is 20.8 Å². The average molecular weight is 1340 g/mol. The summed E-state index contributed by atoms with van der Waals surface area (Å²) in [5.74, 6) is 0.604. The van der Waals surface area contributed by atoms with Crippen LogP contribution < -0.4 is 23.7 Å². The van der Waals surface area contributed by atoms with E-state index >= 15 is 0 Å². The Morgan fingerprint density at radius 2 is 0.763 bits per heavy atom. The Morgan fingerprint density at radius 1 is 0.402 bits per heavy atom. The average Bonchev–Trinajstić information content (AvgIpc) is 1.20. The molecule has 1 atom stereocenters. The monoisotopic (exact) mass is 1340 g/mol. The van der Waals surface area contributed by atoms with E-state index < -0.39 is 0 Å². The first-order valence-corrected chi connectivity index (χ1v) is 31.9. The highest BCUT2D eigenvalue weighted by Crippen LogP contribution is 2.30. The van der Waals surface area contributed by atoms with Gasteiger partial charge in [-0.2, -0.15) is 0 Å². The number of hydrogen-bond donors (Lipinski definition) is 5. The molecule has 526 valence electrons. The molecule has 0 saturated carbocycles. The molecule has 0 aromatic heterocycles. The van der Waals surface area contributed by atoms with Gasteiger partial charge in [0.1, 0.15) is 25.9 Å². The van der Waals surface area contributed by atoms with E-state index in [1.54, 1.807) is 66.7 Å². The fourth-order valence-electron chi connectivity index (χ4n) is 8.30. The van der Waals surface area contributed by atoms with Gasteiger partial charge in [-0.05, 0) is 152 Å². The van der Waals surface area contributed by atoms with Crippen molar-refractivity contribution < 1.29 is 96.9 Å². The van der Waals surface area contributed by atoms with Gasteiger partial charge in [0.15, 0.2) is 57.5 Å². The van der Waals surface area contributed by atoms with Gasteiger partial charge in [-0.15, -0.1) is 0 Å². The van der Waals surface area contributed by atoms with Crippen molar-refractivity contribution >= 4 is 35.9 Å². The third kappa shape index (κ3) is 36.2. The van der Waals surface area contributed by atoms with Crippen LogP contribution in [0.4, 0.5) is 0 Å². The minimum atomic E-state index is -0.328. The van der Waals surface area contributed by atoms with Crippen LogP contribution in [0.2, 0.25) is 0 Å². The normalized spacial score (nSPS) is 10.7. The minimum absolute atomic E-state index is 0.00323. The molecule has 0 radical (unpaired) electrons. The molecule has 6 rings (SSSR count). The van der Waals surface area contributed by atoms with Crippen molar-refractivity contribution in [1.82, 2.24) is 0 Å². The molecule has 20 heteroatoms. The van der Waals surface area contributed by atoms with E-state index in [0.29, 0.717) is 42.0 Å². The molecule has 6 aromatic carbocycles. The molecule has 20 nitrogen and oxygen atoms in total. The van der Waals surface area contributed by atoms with Gasteiger partial charge < -0.3 is 72.9 Å². The van der Waals surface area contributed by atoms with E-state index in [1.807, 2.05) is 87.6 Å². The molecule has 6 aromatic rings. The van der Waals surface area contributed by atoms with E-state index in [-0.39, 0.29) is 110 Å². The van der Waals surface area contributed by atoms with Crippen LogP contribution >= 0.6 is 0 Å². The molecule has 0 heterocycles. The van der Waals surface area contributed by atoms with Gasteiger partial charge in [0.25, 0.3) is 0 Å². The van der Waals surface area contributed by atoms with Crippen LogP contribution in [0.5, 0.6) is 57.5 Å². The largest absolute Gasteiger partial charge is 0.504 e. The predicted molar refractivity (Wildman–Crippen MR) is 374 cm³/mol. The summed E-state index contributed by atoms with van der Waals surface area (Å²) in [5, 5.41) is 47.3. The third-order valence-corrected chi connectivity index (χ3v) is 13.4. The summed E-state index contributed by atoms with van der Waals surface area (Å²) in [4.78, 5) is 58.2. The zero-order chi connectivity index (χ0) is 71.8. The van der Waals surface area contributed by atoms with Gasteiger partial charge in [-0.1, -0.05) is 137 Å². The summed E-state index contributed by atoms with van der Waals surface area (Å²) >= 11 is 0. The molecule has 0 aliphatic carbocycles. The van der Waals surface area contributed by atoms with E-state index in [1.165, 1.54) is 65.9 Å². The number of esters is 5. The van der Waals surface area contributed by atoms with Crippen LogP contribution in [-0.4, -0.2) is 123 Å². The topological polar surface area (TPSA) is 279 Å². The van der Waals surface area contributed by atoms with Crippen LogP contribution in [0.1, 0.15) is 120 Å². The second-order valence-electron chi connectivity index (χ2n) is 21.5. The number of rotatable bonds is 32. The lowest BCUT2D eigenvalue weighted by molar-refractivity contribution is -0.149. The Balaban J connectivity index is 0.000000413. The van der Waals surface area contributed by atoms with Gasteiger partial charge in [0.2, 0.25) is 0 Å². The number of aromatic hydroxyl groups is 5. The Bertz CT molecular complexity index is 3420. The van der Waals surface area contributed by atoms with Crippen LogP contribution in [0.15, 0.2) is 163 Å². The Hall–Kier alpha value is -10.4. The molecule has 0 amide bonds. The Kier molecular flexibility index (Phi) is 42.0. The summed E-state index contributed by atoms with van der Waals surface area (Å²) in [6.45, 7) is 13.3. The summed E-state index contributed by atoms with van der Waals surface area (Å²) in [6, 6.07) is 33.8. The number of carbonyl (C=O) groups is 5. The van der Waals surface area contributed by atoms with Crippen molar-refractivity contribution in [2.24, 2.45) is 0 Å². The third-order valence-electron chi connectivity index (χ3n) is 13.4. The zero-order valence-electron chi connectivity index (χ0n) is 57.8. The van der Waals surface area contributed by atoms with E-state index in [9.17, 15) is 49.5 Å². The van der Waals surface area contributed by atoms with Gasteiger partial charge >= 0.3 is 29.8 Å². The molecule has 97 heavy (non-hydrogen) atoms. The predicted octanol–water partition coefficient (Wildman–Crippen LogP) is 14.4. The maximum absolute atomic E-state index is 11.8. The second-order valence-corrected chi connectivity index (χ2v) is 21.5. The maximum Gasteiger partial charge on any atom is 0.310 e. The molecule has 5 N–H and O–H groups in total. The van der Waals surface area contributed by atoms with Gasteiger partial charge in [0.05, 0.1) is 74.3 Å². The molecule has 1 unspecified atom stereocenters. The second kappa shape index (κ2) is 49.2. The minimum Gasteiger partial charge on any atom is -0.504 e. The fraction of sp³-hybridized carbons (Fsp3) is 0.364. The number of allylic oxidation sites excluding steroid dienone is 3. The number of benzene rings is 6. The number of phenols is 5. The molecule has 0 saturated heterocycles. The summed E-state index contributed by atoms with van der Waals surface area (Å²) < 4.78 is 50.7. The summed E-state index contributed by atoms with van der Waals surface area (Å²) in [6.07, 6.45) is 20.8. The number of carbonyl (C=O) groups excluding carboxylic acids is 5. The summed E-state index contributed by atoms with van der Waals surface area (Å²) in [7, 11) is 7.34. The van der Waals surface area contributed by atoms with Crippen molar-refractivity contribution in [2.45, 2.75) is 125 Å². The lowest BCUT2D eigenvalue weighted by atomic mass is 10.1. The molecule has 0 aliphatic rings. The quantitative estimate of drug-likeness (QED) is 0.0114. The highest BCUT2D eigenvalue weighted by atomic mass is 16.6. The molecular weight excluding hydrogens is 1240 g/mol. The van der Waals surface area contributed by atoms with Crippen molar-refractivity contribution in [3.05, 3.63) is 197 Å². The Morgan fingerprint density at radius 3 is 1.11 bits per heavy atom. The molecule has 0 fully saturated rings. The van der Waals surface area contributed by atoms with Crippen LogP contribution in [0, 0.1) is 0 Å². The number of hydrogen-bond acceptors (Lipinski definition) is 20. The van der Waals surface area contributed by atoms with Crippen molar-refractivity contribution in [3.63, 3.8) is 0 Å². The first-order valence-electron chi connectivity index (χ1n) is 31.9. The van der Waals surface area contributed by atoms with Crippen LogP contribution in [0.3, 0.4) is 0 Å². The number of unbranched alkanes of at least 4 members (excludes halogenated alkanes) is 1. The van der Waals surface area contributed by atoms with Gasteiger partial charge in [0, 0.05) is 0 Å². The van der Waals surface area contributed by atoms with Crippen molar-refractivity contribution in [1.29, 1.82) is 0 Å². The van der Waals surface area contributed by atoms with Gasteiger partial charge in [-0.25, -0.2) is 0 Å². The van der Waals surface area contributed by atoms with Crippen molar-refractivity contribution in [3.8, 4) is 57.5 Å². The van der Waals surface area contributed by atoms with Gasteiger partial charge in [-0.3, -0.25) is 24.0 Å². The van der Waals surface area contributed by atoms with E-state index in [0.717, 1.165) is 83.9 Å². The first kappa shape index (κ1) is 82.7. The molecule has 0 bridgehead atoms. The standard InChI is InChI=1S/C18H18O4.C15H22O4.2C15H20O4.C14H18O4/c1-21-17-12-15(9-10-16(17)19)13-18(20)22-11-5-8-14-6-3-2-4-7-14;1-4-6-12(5-2)19-15(17)10-11-7-8-13(16)14(9-11)18-3;2*1-3-4-5-6-9-19-15(17)11-12-7-8-13(16)14(10-12)18-2;1-10(2)6-7-18-14(16)9-11-4-5-12(15)13(8-11)17-3/h2-10,12,19H,11,13H2,1H3;7-9,12,16H,4-6,10H2,1-3H3;5-8,10,16H,3-4,9,11H2,1-2H3;4-5,7-8,10,16H,3,6,9,11H2,1-2H3;4-6,8,15H,7,9H2,1-3H3/b8-5+;;6-5+;5-4-;. The Labute approximate surface area is 571 Å². The van der Waals surface area contributed by atoms with Crippen LogP contribution in [0.25, 0.3) is 6.08 Å². The lowest BCUT2D eigenvalue weighted by Crippen LogP contribution is -2.18. The summed E-state index contributed by atoms with van der Waals surface area (Å²) in [5.41, 5.74) is 5.90. The zero-order valence-corrected chi connectivity index (χ0v) is 57.8. The first-order chi connectivity index (χ1) is 46.6. The fourth-order valence-corrected chi connectivity index (χ4v) is 8.30. The number of ether oxygens (including phenoxy) is 10. The SMILES string of the molecule is CC/C=C\CCOC(=O)Cc1ccc(O)c(OC)c1.CCC/C=C/COC(=O)Cc1ccc(O)c(OC)c1.CCCC(CC)OC(=O)Cc1ccc(O)c(OC)c1.COc1cc(CC(=O)OC/C=C/c2ccccc2)ccc1O.COc1cc(CC(=O)OCC=C(C)C)ccc1O. The number of phenolic OH excluding ortho intramolecular Hbond substituents is 5. The smallest absolute Gasteiger partial charge is 0.310 e. The molecular formula is C77H98O20. The van der Waals surface area contributed by atoms with E-state index in [4.69, 9.17) is 47.4 Å². The van der Waals surface area contributed by atoms with Crippen molar-refractivity contribution in [2.75, 3.05) is 62.0 Å². The lowest BCUT2D eigenvalue weighted by Gasteiger charge is -2.15. The number of methoxy groups -OCH3 is 5. The molecule has 0 aliphatic heterocycles. The maximum atomic E-state index is 11.8. The molecule has 0 spiro atoms. The van der Waals surface area contributed by atoms with Crippen LogP contribution in [-0.2, 0) is 79.8 Å². The highest BCUT2D eigenvalue weighted by molar-refractivity contribution is 5.75. The highest BCUT2D eigenvalue weighted by Gasteiger charge is 2.15.